The van der Waals surface area contributed by atoms with Crippen LogP contribution in [-0.4, -0.2) is 27.2 Å². The molecule has 0 spiro atoms. The summed E-state index contributed by atoms with van der Waals surface area (Å²) >= 11 is 0. The number of rotatable bonds is 4. The highest BCUT2D eigenvalue weighted by molar-refractivity contribution is 7.89. The van der Waals surface area contributed by atoms with Crippen molar-refractivity contribution in [1.82, 2.24) is 4.72 Å². The first-order valence-corrected chi connectivity index (χ1v) is 8.34. The zero-order valence-corrected chi connectivity index (χ0v) is 12.7. The minimum atomic E-state index is -3.49. The maximum absolute atomic E-state index is 12.4. The summed E-state index contributed by atoms with van der Waals surface area (Å²) < 4.78 is 33.0. The second-order valence-corrected chi connectivity index (χ2v) is 7.03. The van der Waals surface area contributed by atoms with Crippen LogP contribution in [0.2, 0.25) is 0 Å². The average molecular weight is 298 g/mol. The van der Waals surface area contributed by atoms with Crippen LogP contribution in [0, 0.1) is 6.92 Å². The van der Waals surface area contributed by atoms with Gasteiger partial charge < -0.3 is 10.5 Å². The van der Waals surface area contributed by atoms with E-state index in [9.17, 15) is 8.42 Å². The van der Waals surface area contributed by atoms with Gasteiger partial charge in [0, 0.05) is 19.2 Å². The van der Waals surface area contributed by atoms with Crippen molar-refractivity contribution in [2.24, 2.45) is 5.73 Å². The largest absolute Gasteiger partial charge is 0.378 e. The molecule has 5 nitrogen and oxygen atoms in total. The Balaban J connectivity index is 2.17. The van der Waals surface area contributed by atoms with Crippen LogP contribution in [0.3, 0.4) is 0 Å². The molecular weight excluding hydrogens is 276 g/mol. The van der Waals surface area contributed by atoms with Crippen LogP contribution in [0.15, 0.2) is 23.1 Å². The summed E-state index contributed by atoms with van der Waals surface area (Å²) in [5.74, 6) is 0. The summed E-state index contributed by atoms with van der Waals surface area (Å²) in [6.07, 6.45) is 1.50. The average Bonchev–Trinajstić information content (AvgIpc) is 2.38. The maximum atomic E-state index is 12.4. The van der Waals surface area contributed by atoms with Crippen molar-refractivity contribution in [2.75, 3.05) is 6.61 Å². The Kier molecular flexibility index (Phi) is 4.80. The van der Waals surface area contributed by atoms with Crippen LogP contribution in [-0.2, 0) is 21.3 Å². The predicted octanol–water partition coefficient (Wildman–Crippen LogP) is 1.30. The normalized spacial score (nSPS) is 23.8. The van der Waals surface area contributed by atoms with Gasteiger partial charge in [-0.05, 0) is 49.9 Å². The summed E-state index contributed by atoms with van der Waals surface area (Å²) in [7, 11) is -3.49. The summed E-state index contributed by atoms with van der Waals surface area (Å²) in [4.78, 5) is 0.280. The Morgan fingerprint density at radius 1 is 1.45 bits per heavy atom. The Morgan fingerprint density at radius 2 is 2.20 bits per heavy atom. The van der Waals surface area contributed by atoms with Gasteiger partial charge in [0.1, 0.15) is 0 Å². The van der Waals surface area contributed by atoms with E-state index in [4.69, 9.17) is 10.5 Å². The number of sulfonamides is 1. The van der Waals surface area contributed by atoms with Crippen molar-refractivity contribution in [2.45, 2.75) is 50.3 Å². The quantitative estimate of drug-likeness (QED) is 0.878. The highest BCUT2D eigenvalue weighted by atomic mass is 32.2. The third-order valence-electron chi connectivity index (χ3n) is 3.66. The van der Waals surface area contributed by atoms with Gasteiger partial charge in [-0.25, -0.2) is 13.1 Å². The fourth-order valence-electron chi connectivity index (χ4n) is 2.43. The van der Waals surface area contributed by atoms with Crippen LogP contribution >= 0.6 is 0 Å². The van der Waals surface area contributed by atoms with E-state index < -0.39 is 10.0 Å². The van der Waals surface area contributed by atoms with Crippen molar-refractivity contribution in [3.63, 3.8) is 0 Å². The summed E-state index contributed by atoms with van der Waals surface area (Å²) in [6.45, 7) is 4.81. The number of ether oxygens (including phenoxy) is 1. The highest BCUT2D eigenvalue weighted by Crippen LogP contribution is 2.19. The molecule has 0 aromatic heterocycles. The second kappa shape index (κ2) is 6.22. The van der Waals surface area contributed by atoms with Gasteiger partial charge in [-0.2, -0.15) is 0 Å². The minimum Gasteiger partial charge on any atom is -0.378 e. The smallest absolute Gasteiger partial charge is 0.240 e. The molecule has 1 aliphatic rings. The van der Waals surface area contributed by atoms with E-state index in [-0.39, 0.29) is 17.0 Å². The van der Waals surface area contributed by atoms with E-state index in [0.717, 1.165) is 11.1 Å². The summed E-state index contributed by atoms with van der Waals surface area (Å²) in [5, 5.41) is 0. The lowest BCUT2D eigenvalue weighted by atomic mass is 10.1. The predicted molar refractivity (Wildman–Crippen MR) is 77.8 cm³/mol. The molecule has 2 atom stereocenters. The van der Waals surface area contributed by atoms with E-state index in [1.165, 1.54) is 0 Å². The van der Waals surface area contributed by atoms with Crippen molar-refractivity contribution in [3.05, 3.63) is 29.3 Å². The van der Waals surface area contributed by atoms with Crippen LogP contribution < -0.4 is 10.5 Å². The lowest BCUT2D eigenvalue weighted by Gasteiger charge is -2.27. The van der Waals surface area contributed by atoms with Crippen LogP contribution in [0.1, 0.15) is 30.9 Å². The van der Waals surface area contributed by atoms with E-state index in [0.29, 0.717) is 26.0 Å². The summed E-state index contributed by atoms with van der Waals surface area (Å²) in [6, 6.07) is 5.01. The molecule has 1 aromatic carbocycles. The van der Waals surface area contributed by atoms with E-state index in [1.807, 2.05) is 13.8 Å². The van der Waals surface area contributed by atoms with Gasteiger partial charge >= 0.3 is 0 Å². The second-order valence-electron chi connectivity index (χ2n) is 5.32. The van der Waals surface area contributed by atoms with Gasteiger partial charge in [-0.15, -0.1) is 0 Å². The summed E-state index contributed by atoms with van der Waals surface area (Å²) in [5.41, 5.74) is 7.49. The molecule has 3 N–H and O–H groups in total. The van der Waals surface area contributed by atoms with Crippen molar-refractivity contribution in [3.8, 4) is 0 Å². The number of hydrogen-bond donors (Lipinski definition) is 2. The molecule has 0 aliphatic carbocycles. The van der Waals surface area contributed by atoms with Crippen LogP contribution in [0.4, 0.5) is 0 Å². The SMILES string of the molecule is Cc1ccc(S(=O)(=O)NC2CCOC(C)C2)cc1CN. The van der Waals surface area contributed by atoms with Crippen molar-refractivity contribution >= 4 is 10.0 Å². The first kappa shape index (κ1) is 15.4. The zero-order valence-electron chi connectivity index (χ0n) is 11.9. The minimum absolute atomic E-state index is 0.0635. The van der Waals surface area contributed by atoms with Gasteiger partial charge in [-0.3, -0.25) is 0 Å². The standard InChI is InChI=1S/C14H22N2O3S/c1-10-3-4-14(8-12(10)9-15)20(17,18)16-13-5-6-19-11(2)7-13/h3-4,8,11,13,16H,5-7,9,15H2,1-2H3. The lowest BCUT2D eigenvalue weighted by molar-refractivity contribution is 0.0173. The van der Waals surface area contributed by atoms with E-state index in [2.05, 4.69) is 4.72 Å². The monoisotopic (exact) mass is 298 g/mol. The van der Waals surface area contributed by atoms with Gasteiger partial charge in [0.05, 0.1) is 11.0 Å². The zero-order chi connectivity index (χ0) is 14.8. The topological polar surface area (TPSA) is 81.4 Å². The number of aryl methyl sites for hydroxylation is 1. The fraction of sp³-hybridized carbons (Fsp3) is 0.571. The molecule has 112 valence electrons. The number of nitrogens with one attached hydrogen (secondary N) is 1. The van der Waals surface area contributed by atoms with E-state index in [1.54, 1.807) is 18.2 Å². The molecule has 0 amide bonds. The number of nitrogens with two attached hydrogens (primary N) is 1. The van der Waals surface area contributed by atoms with Crippen molar-refractivity contribution in [1.29, 1.82) is 0 Å². The highest BCUT2D eigenvalue weighted by Gasteiger charge is 2.25. The number of hydrogen-bond acceptors (Lipinski definition) is 4. The van der Waals surface area contributed by atoms with Gasteiger partial charge in [0.25, 0.3) is 0 Å². The Morgan fingerprint density at radius 3 is 2.85 bits per heavy atom. The molecule has 1 heterocycles. The molecule has 1 aliphatic heterocycles. The Labute approximate surface area is 120 Å². The molecule has 1 saturated heterocycles. The Bertz CT molecular complexity index is 572. The molecule has 0 bridgehead atoms. The van der Waals surface area contributed by atoms with Gasteiger partial charge in [-0.1, -0.05) is 6.07 Å². The molecule has 0 saturated carbocycles. The molecule has 1 fully saturated rings. The molecule has 1 aromatic rings. The first-order valence-electron chi connectivity index (χ1n) is 6.86. The molecule has 20 heavy (non-hydrogen) atoms. The van der Waals surface area contributed by atoms with Gasteiger partial charge in [0.15, 0.2) is 0 Å². The molecule has 0 radical (unpaired) electrons. The Hall–Kier alpha value is -0.950. The molecule has 6 heteroatoms. The van der Waals surface area contributed by atoms with Gasteiger partial charge in [0.2, 0.25) is 10.0 Å². The molecule has 2 rings (SSSR count). The first-order chi connectivity index (χ1) is 9.42. The third-order valence-corrected chi connectivity index (χ3v) is 5.18. The van der Waals surface area contributed by atoms with Crippen LogP contribution in [0.5, 0.6) is 0 Å². The lowest BCUT2D eigenvalue weighted by Crippen LogP contribution is -2.41. The number of benzene rings is 1. The van der Waals surface area contributed by atoms with E-state index >= 15 is 0 Å². The van der Waals surface area contributed by atoms with Crippen molar-refractivity contribution < 1.29 is 13.2 Å². The van der Waals surface area contributed by atoms with Crippen LogP contribution in [0.25, 0.3) is 0 Å². The fourth-order valence-corrected chi connectivity index (χ4v) is 3.76. The molecular formula is C14H22N2O3S. The molecule has 2 unspecified atom stereocenters. The maximum Gasteiger partial charge on any atom is 0.240 e. The third kappa shape index (κ3) is 3.58.